The van der Waals surface area contributed by atoms with Crippen molar-refractivity contribution in [3.8, 4) is 17.2 Å². The summed E-state index contributed by atoms with van der Waals surface area (Å²) in [5, 5.41) is 21.2. The van der Waals surface area contributed by atoms with E-state index in [9.17, 15) is 15.0 Å². The number of rotatable bonds is 17. The molecule has 0 radical (unpaired) electrons. The highest BCUT2D eigenvalue weighted by Gasteiger charge is 2.31. The minimum atomic E-state index is -0.327. The molecule has 48 heavy (non-hydrogen) atoms. The number of fused-ring (bicyclic) bond motifs is 1. The van der Waals surface area contributed by atoms with Crippen LogP contribution in [0.25, 0.3) is 0 Å². The molecule has 0 spiro atoms. The van der Waals surface area contributed by atoms with Crippen molar-refractivity contribution in [2.75, 3.05) is 78.9 Å². The molecule has 0 atom stereocenters. The zero-order valence-corrected chi connectivity index (χ0v) is 28.6. The first-order chi connectivity index (χ1) is 22.9. The Morgan fingerprint density at radius 3 is 2.12 bits per heavy atom. The average Bonchev–Trinajstić information content (AvgIpc) is 3.51. The number of hydrogen-bond donors (Lipinski definition) is 3. The highest BCUT2D eigenvalue weighted by Crippen LogP contribution is 2.40. The Hall–Kier alpha value is -3.42. The molecule has 0 aliphatic carbocycles. The van der Waals surface area contributed by atoms with Gasteiger partial charge in [0.2, 0.25) is 0 Å². The van der Waals surface area contributed by atoms with Crippen molar-refractivity contribution in [1.29, 1.82) is 0 Å². The Morgan fingerprint density at radius 2 is 1.42 bits per heavy atom. The van der Waals surface area contributed by atoms with Crippen LogP contribution in [-0.2, 0) is 40.5 Å². The maximum absolute atomic E-state index is 13.8. The number of carbonyl (C=O) groups excluding carboxylic acids is 1. The van der Waals surface area contributed by atoms with Gasteiger partial charge in [0, 0.05) is 70.5 Å². The molecule has 0 bridgehead atoms. The van der Waals surface area contributed by atoms with E-state index in [-0.39, 0.29) is 47.7 Å². The van der Waals surface area contributed by atoms with E-state index in [0.717, 1.165) is 56.0 Å². The summed E-state index contributed by atoms with van der Waals surface area (Å²) in [5.41, 5.74) is 10.2. The maximum Gasteiger partial charge on any atom is 0.262 e. The molecule has 0 saturated carbocycles. The van der Waals surface area contributed by atoms with E-state index in [0.29, 0.717) is 64.8 Å². The van der Waals surface area contributed by atoms with E-state index in [1.165, 1.54) is 11.6 Å². The number of ether oxygens (including phenoxy) is 4. The molecule has 12 heteroatoms. The number of nitrogens with zero attached hydrogens (tertiary/aromatic N) is 3. The third kappa shape index (κ3) is 10.3. The molecule has 4 N–H and O–H groups in total. The molecule has 1 fully saturated rings. The fourth-order valence-electron chi connectivity index (χ4n) is 5.94. The summed E-state index contributed by atoms with van der Waals surface area (Å²) in [5.74, 6) is -0.537. The van der Waals surface area contributed by atoms with Crippen molar-refractivity contribution in [2.24, 2.45) is 5.73 Å². The van der Waals surface area contributed by atoms with Crippen LogP contribution in [0.5, 0.6) is 17.2 Å². The molecule has 0 aromatic heterocycles. The summed E-state index contributed by atoms with van der Waals surface area (Å²) in [7, 11) is 0. The first kappa shape index (κ1) is 37.4. The molecule has 1 saturated heterocycles. The number of halogens is 1. The molecular weight excluding hydrogens is 636 g/mol. The van der Waals surface area contributed by atoms with Crippen LogP contribution < -0.4 is 10.5 Å². The van der Waals surface area contributed by atoms with Crippen molar-refractivity contribution in [2.45, 2.75) is 33.2 Å². The quantitative estimate of drug-likeness (QED) is 0.181. The fourth-order valence-corrected chi connectivity index (χ4v) is 5.94. The SMILES string of the molecule is Cc1c(O)cc(O)c(C(=O)N2Cc3ccc(CN4CCN(CCOCCOCCOCCN)CC4)cc3C2)c1OCc1ccccc1.Cl. The summed E-state index contributed by atoms with van der Waals surface area (Å²) in [4.78, 5) is 20.4. The topological polar surface area (TPSA) is 130 Å². The van der Waals surface area contributed by atoms with Crippen molar-refractivity contribution >= 4 is 18.3 Å². The van der Waals surface area contributed by atoms with Crippen LogP contribution in [0.2, 0.25) is 0 Å². The lowest BCUT2D eigenvalue weighted by Crippen LogP contribution is -2.46. The normalized spacial score (nSPS) is 14.9. The molecule has 5 rings (SSSR count). The van der Waals surface area contributed by atoms with Gasteiger partial charge in [-0.3, -0.25) is 14.6 Å². The summed E-state index contributed by atoms with van der Waals surface area (Å²) in [6.07, 6.45) is 0. The first-order valence-corrected chi connectivity index (χ1v) is 16.4. The van der Waals surface area contributed by atoms with Gasteiger partial charge in [0.05, 0.1) is 39.6 Å². The van der Waals surface area contributed by atoms with E-state index in [4.69, 9.17) is 24.7 Å². The largest absolute Gasteiger partial charge is 0.507 e. The van der Waals surface area contributed by atoms with Crippen LogP contribution in [0.4, 0.5) is 0 Å². The van der Waals surface area contributed by atoms with Crippen molar-refractivity contribution in [1.82, 2.24) is 14.7 Å². The van der Waals surface area contributed by atoms with E-state index in [1.54, 1.807) is 11.8 Å². The molecular formula is C36H49ClN4O7. The Kier molecular flexibility index (Phi) is 14.8. The molecule has 3 aromatic carbocycles. The second-order valence-electron chi connectivity index (χ2n) is 12.0. The van der Waals surface area contributed by atoms with Gasteiger partial charge < -0.3 is 39.8 Å². The molecule has 11 nitrogen and oxygen atoms in total. The molecule has 2 aliphatic rings. The molecule has 262 valence electrons. The smallest absolute Gasteiger partial charge is 0.262 e. The zero-order chi connectivity index (χ0) is 33.0. The number of aromatic hydroxyl groups is 2. The predicted octanol–water partition coefficient (Wildman–Crippen LogP) is 3.69. The second-order valence-corrected chi connectivity index (χ2v) is 12.0. The standard InChI is InChI=1S/C36H48N4O7.ClH/c1-27-32(41)22-33(42)34(35(27)47-26-28-5-3-2-4-6-28)36(43)40-24-30-8-7-29(21-31(30)25-40)23-39-12-10-38(11-13-39)14-16-45-18-20-46-19-17-44-15-9-37;/h2-8,21-22,41-42H,9-20,23-26,37H2,1H3;1H. The fraction of sp³-hybridized carbons (Fsp3) is 0.472. The monoisotopic (exact) mass is 684 g/mol. The van der Waals surface area contributed by atoms with Gasteiger partial charge >= 0.3 is 0 Å². The molecule has 0 unspecified atom stereocenters. The predicted molar refractivity (Wildman–Crippen MR) is 186 cm³/mol. The maximum atomic E-state index is 13.8. The molecule has 1 amide bonds. The minimum Gasteiger partial charge on any atom is -0.507 e. The van der Waals surface area contributed by atoms with Gasteiger partial charge in [-0.05, 0) is 29.2 Å². The van der Waals surface area contributed by atoms with Gasteiger partial charge in [-0.2, -0.15) is 0 Å². The van der Waals surface area contributed by atoms with Crippen LogP contribution in [0.15, 0.2) is 54.6 Å². The lowest BCUT2D eigenvalue weighted by atomic mass is 10.1. The van der Waals surface area contributed by atoms with Crippen LogP contribution in [0.3, 0.4) is 0 Å². The number of hydrogen-bond acceptors (Lipinski definition) is 10. The number of phenols is 2. The van der Waals surface area contributed by atoms with E-state index in [1.807, 2.05) is 30.3 Å². The Balaban J connectivity index is 0.00000520. The van der Waals surface area contributed by atoms with Crippen LogP contribution in [0, 0.1) is 6.92 Å². The second kappa shape index (κ2) is 18.9. The highest BCUT2D eigenvalue weighted by molar-refractivity contribution is 6.00. The lowest BCUT2D eigenvalue weighted by molar-refractivity contribution is 0.00886. The Bertz CT molecular complexity index is 1450. The van der Waals surface area contributed by atoms with Gasteiger partial charge in [0.1, 0.15) is 29.4 Å². The van der Waals surface area contributed by atoms with Gasteiger partial charge in [-0.1, -0.05) is 48.5 Å². The van der Waals surface area contributed by atoms with Crippen LogP contribution in [-0.4, -0.2) is 110 Å². The molecule has 3 aromatic rings. The Morgan fingerprint density at radius 1 is 0.771 bits per heavy atom. The molecule has 2 aliphatic heterocycles. The van der Waals surface area contributed by atoms with Crippen molar-refractivity contribution < 1.29 is 34.0 Å². The number of phenolic OH excluding ortho intramolecular Hbond substituents is 2. The van der Waals surface area contributed by atoms with Crippen LogP contribution >= 0.6 is 12.4 Å². The summed E-state index contributed by atoms with van der Waals surface area (Å²) in [6.45, 7) is 12.5. The third-order valence-corrected chi connectivity index (χ3v) is 8.63. The number of carbonyl (C=O) groups is 1. The van der Waals surface area contributed by atoms with E-state index >= 15 is 0 Å². The van der Waals surface area contributed by atoms with Gasteiger partial charge in [0.25, 0.3) is 5.91 Å². The average molecular weight is 685 g/mol. The minimum absolute atomic E-state index is 0. The van der Waals surface area contributed by atoms with E-state index < -0.39 is 0 Å². The summed E-state index contributed by atoms with van der Waals surface area (Å²) < 4.78 is 22.6. The van der Waals surface area contributed by atoms with Gasteiger partial charge in [-0.15, -0.1) is 12.4 Å². The number of piperazine rings is 1. The third-order valence-electron chi connectivity index (χ3n) is 8.63. The lowest BCUT2D eigenvalue weighted by Gasteiger charge is -2.34. The van der Waals surface area contributed by atoms with Gasteiger partial charge in [0.15, 0.2) is 0 Å². The van der Waals surface area contributed by atoms with E-state index in [2.05, 4.69) is 28.0 Å². The summed E-state index contributed by atoms with van der Waals surface area (Å²) >= 11 is 0. The number of nitrogens with two attached hydrogens (primary N) is 1. The van der Waals surface area contributed by atoms with Crippen LogP contribution in [0.1, 0.15) is 38.2 Å². The first-order valence-electron chi connectivity index (χ1n) is 16.4. The van der Waals surface area contributed by atoms with Gasteiger partial charge in [-0.25, -0.2) is 0 Å². The number of amides is 1. The highest BCUT2D eigenvalue weighted by atomic mass is 35.5. The number of benzene rings is 3. The zero-order valence-electron chi connectivity index (χ0n) is 27.8. The van der Waals surface area contributed by atoms with Crippen molar-refractivity contribution in [3.05, 3.63) is 88.0 Å². The Labute approximate surface area is 289 Å². The van der Waals surface area contributed by atoms with Crippen molar-refractivity contribution in [3.63, 3.8) is 0 Å². The molecule has 2 heterocycles. The summed E-state index contributed by atoms with van der Waals surface area (Å²) in [6, 6.07) is 17.3.